The molecular weight excluding hydrogens is 358 g/mol. The van der Waals surface area contributed by atoms with Crippen LogP contribution in [0.3, 0.4) is 0 Å². The summed E-state index contributed by atoms with van der Waals surface area (Å²) in [5, 5.41) is 14.7. The second-order valence-corrected chi connectivity index (χ2v) is 7.23. The topological polar surface area (TPSA) is 122 Å². The van der Waals surface area contributed by atoms with Gasteiger partial charge in [0.05, 0.1) is 6.42 Å². The molecule has 2 atom stereocenters. The molecule has 0 aromatic heterocycles. The highest BCUT2D eigenvalue weighted by Crippen LogP contribution is 2.11. The number of carbonyl (C=O) groups excluding carboxylic acids is 3. The van der Waals surface area contributed by atoms with Crippen molar-refractivity contribution in [2.24, 2.45) is 5.73 Å². The van der Waals surface area contributed by atoms with E-state index in [9.17, 15) is 19.5 Å². The third-order valence-electron chi connectivity index (χ3n) is 4.46. The van der Waals surface area contributed by atoms with Gasteiger partial charge in [-0.1, -0.05) is 44.7 Å². The highest BCUT2D eigenvalue weighted by Gasteiger charge is 2.22. The zero-order valence-electron chi connectivity index (χ0n) is 16.9. The number of phenols is 1. The Hall–Kier alpha value is -2.57. The molecule has 0 saturated carbocycles. The van der Waals surface area contributed by atoms with Crippen molar-refractivity contribution in [3.05, 3.63) is 29.8 Å². The molecule has 1 aromatic carbocycles. The molecular formula is C21H33N3O4. The van der Waals surface area contributed by atoms with Gasteiger partial charge in [0.1, 0.15) is 11.8 Å². The molecule has 28 heavy (non-hydrogen) atoms. The number of carbonyl (C=O) groups is 3. The van der Waals surface area contributed by atoms with Crippen molar-refractivity contribution in [2.45, 2.75) is 77.3 Å². The third-order valence-corrected chi connectivity index (χ3v) is 4.46. The first-order chi connectivity index (χ1) is 13.3. The van der Waals surface area contributed by atoms with Crippen LogP contribution < -0.4 is 16.4 Å². The Bertz CT molecular complexity index is 631. The molecule has 0 saturated heterocycles. The van der Waals surface area contributed by atoms with Crippen molar-refractivity contribution in [2.75, 3.05) is 0 Å². The fourth-order valence-corrected chi connectivity index (χ4v) is 2.93. The molecule has 7 nitrogen and oxygen atoms in total. The molecule has 0 aliphatic carbocycles. The van der Waals surface area contributed by atoms with Crippen molar-refractivity contribution in [3.63, 3.8) is 0 Å². The molecule has 0 bridgehead atoms. The van der Waals surface area contributed by atoms with Gasteiger partial charge in [-0.3, -0.25) is 14.4 Å². The predicted molar refractivity (Wildman–Crippen MR) is 109 cm³/mol. The molecule has 0 aliphatic rings. The van der Waals surface area contributed by atoms with E-state index in [4.69, 9.17) is 5.73 Å². The van der Waals surface area contributed by atoms with E-state index < -0.39 is 11.9 Å². The molecule has 0 fully saturated rings. The lowest BCUT2D eigenvalue weighted by molar-refractivity contribution is -0.130. The van der Waals surface area contributed by atoms with E-state index in [1.807, 2.05) is 6.92 Å². The molecule has 156 valence electrons. The number of hydrogen-bond donors (Lipinski definition) is 4. The van der Waals surface area contributed by atoms with E-state index in [1.165, 1.54) is 0 Å². The number of phenolic OH excluding ortho intramolecular Hbond substituents is 1. The second kappa shape index (κ2) is 12.8. The largest absolute Gasteiger partial charge is 0.508 e. The molecule has 0 heterocycles. The highest BCUT2D eigenvalue weighted by atomic mass is 16.3. The number of rotatable bonds is 13. The fourth-order valence-electron chi connectivity index (χ4n) is 2.93. The summed E-state index contributed by atoms with van der Waals surface area (Å²) in [6.45, 7) is 3.97. The number of benzene rings is 1. The van der Waals surface area contributed by atoms with Crippen LogP contribution >= 0.6 is 0 Å². The van der Waals surface area contributed by atoms with Gasteiger partial charge >= 0.3 is 0 Å². The molecule has 1 aromatic rings. The summed E-state index contributed by atoms with van der Waals surface area (Å²) in [6, 6.07) is 5.56. The monoisotopic (exact) mass is 391 g/mol. The fraction of sp³-hybridized carbons (Fsp3) is 0.571. The lowest BCUT2D eigenvalue weighted by atomic mass is 10.1. The lowest BCUT2D eigenvalue weighted by Gasteiger charge is -2.18. The minimum Gasteiger partial charge on any atom is -0.508 e. The Morgan fingerprint density at radius 2 is 1.64 bits per heavy atom. The maximum Gasteiger partial charge on any atom is 0.240 e. The van der Waals surface area contributed by atoms with Crippen LogP contribution in [0.25, 0.3) is 0 Å². The van der Waals surface area contributed by atoms with Gasteiger partial charge in [-0.25, -0.2) is 0 Å². The zero-order valence-corrected chi connectivity index (χ0v) is 16.9. The maximum atomic E-state index is 12.2. The minimum atomic E-state index is -1.01. The average molecular weight is 392 g/mol. The Morgan fingerprint density at radius 1 is 1.00 bits per heavy atom. The van der Waals surface area contributed by atoms with Crippen LogP contribution in [0.2, 0.25) is 0 Å². The lowest BCUT2D eigenvalue weighted by Crippen LogP contribution is -2.48. The summed E-state index contributed by atoms with van der Waals surface area (Å²) in [5.41, 5.74) is 6.31. The first-order valence-electron chi connectivity index (χ1n) is 9.97. The van der Waals surface area contributed by atoms with E-state index in [1.54, 1.807) is 24.3 Å². The molecule has 3 amide bonds. The molecule has 0 aliphatic heterocycles. The van der Waals surface area contributed by atoms with Crippen LogP contribution in [-0.2, 0) is 20.8 Å². The minimum absolute atomic E-state index is 0.167. The van der Waals surface area contributed by atoms with Gasteiger partial charge in [-0.05, 0) is 37.5 Å². The molecule has 0 spiro atoms. The van der Waals surface area contributed by atoms with Gasteiger partial charge in [0, 0.05) is 12.5 Å². The van der Waals surface area contributed by atoms with Crippen molar-refractivity contribution in [3.8, 4) is 5.75 Å². The van der Waals surface area contributed by atoms with Gasteiger partial charge in [0.25, 0.3) is 0 Å². The van der Waals surface area contributed by atoms with Crippen molar-refractivity contribution in [1.82, 2.24) is 10.6 Å². The number of amides is 3. The number of unbranched alkanes of at least 4 members (excludes halogenated alkanes) is 4. The summed E-state index contributed by atoms with van der Waals surface area (Å²) in [7, 11) is 0. The van der Waals surface area contributed by atoms with Crippen LogP contribution in [-0.4, -0.2) is 34.9 Å². The van der Waals surface area contributed by atoms with Crippen LogP contribution in [0.1, 0.15) is 64.4 Å². The second-order valence-electron chi connectivity index (χ2n) is 7.23. The summed E-state index contributed by atoms with van der Waals surface area (Å²) in [5.74, 6) is -1.14. The Kier molecular flexibility index (Phi) is 10.7. The Labute approximate surface area is 167 Å². The first-order valence-corrected chi connectivity index (χ1v) is 9.97. The van der Waals surface area contributed by atoms with Crippen molar-refractivity contribution in [1.29, 1.82) is 0 Å². The van der Waals surface area contributed by atoms with Crippen LogP contribution in [0.15, 0.2) is 24.3 Å². The van der Waals surface area contributed by atoms with Crippen LogP contribution in [0, 0.1) is 0 Å². The number of hydrogen-bond acceptors (Lipinski definition) is 4. The van der Waals surface area contributed by atoms with E-state index in [0.717, 1.165) is 37.7 Å². The van der Waals surface area contributed by atoms with E-state index in [0.29, 0.717) is 12.8 Å². The van der Waals surface area contributed by atoms with Gasteiger partial charge in [-0.15, -0.1) is 0 Å². The third kappa shape index (κ3) is 9.94. The van der Waals surface area contributed by atoms with Gasteiger partial charge in [-0.2, -0.15) is 0 Å². The highest BCUT2D eigenvalue weighted by molar-refractivity contribution is 5.91. The van der Waals surface area contributed by atoms with Crippen LogP contribution in [0.4, 0.5) is 0 Å². The van der Waals surface area contributed by atoms with E-state index in [2.05, 4.69) is 17.6 Å². The molecule has 2 unspecified atom stereocenters. The number of primary amides is 1. The normalized spacial score (nSPS) is 12.8. The van der Waals surface area contributed by atoms with Gasteiger partial charge < -0.3 is 21.5 Å². The van der Waals surface area contributed by atoms with E-state index >= 15 is 0 Å². The number of nitrogens with one attached hydrogen (secondary N) is 2. The summed E-state index contributed by atoms with van der Waals surface area (Å²) >= 11 is 0. The standard InChI is InChI=1S/C21H33N3O4/c1-3-4-5-6-7-8-19(26)24-18(21(22)28)14-20(27)23-15(2)13-16-9-11-17(25)12-10-16/h9-12,15,18,25H,3-8,13-14H2,1-2H3,(H2,22,28)(H,23,27)(H,24,26). The van der Waals surface area contributed by atoms with Crippen molar-refractivity contribution < 1.29 is 19.5 Å². The molecule has 0 radical (unpaired) electrons. The molecule has 1 rings (SSSR count). The number of aromatic hydroxyl groups is 1. The Balaban J connectivity index is 2.40. The molecule has 7 heteroatoms. The summed E-state index contributed by atoms with van der Waals surface area (Å²) in [4.78, 5) is 35.8. The van der Waals surface area contributed by atoms with Crippen LogP contribution in [0.5, 0.6) is 5.75 Å². The smallest absolute Gasteiger partial charge is 0.240 e. The van der Waals surface area contributed by atoms with Crippen molar-refractivity contribution >= 4 is 17.7 Å². The van der Waals surface area contributed by atoms with Gasteiger partial charge in [0.15, 0.2) is 0 Å². The summed E-state index contributed by atoms with van der Waals surface area (Å²) in [6.07, 6.45) is 5.82. The average Bonchev–Trinajstić information content (AvgIpc) is 2.62. The van der Waals surface area contributed by atoms with E-state index in [-0.39, 0.29) is 30.0 Å². The SMILES string of the molecule is CCCCCCCC(=O)NC(CC(=O)NC(C)Cc1ccc(O)cc1)C(N)=O. The Morgan fingerprint density at radius 3 is 2.25 bits per heavy atom. The number of nitrogens with two attached hydrogens (primary N) is 1. The predicted octanol–water partition coefficient (Wildman–Crippen LogP) is 2.16. The molecule has 5 N–H and O–H groups in total. The first kappa shape index (κ1) is 23.5. The summed E-state index contributed by atoms with van der Waals surface area (Å²) < 4.78 is 0. The maximum absolute atomic E-state index is 12.2. The zero-order chi connectivity index (χ0) is 20.9. The van der Waals surface area contributed by atoms with Gasteiger partial charge in [0.2, 0.25) is 17.7 Å². The quantitative estimate of drug-likeness (QED) is 0.385.